The number of aliphatic imine (C=N–C) groups is 1. The largest absolute Gasteiger partial charge is 0.457 e. The van der Waals surface area contributed by atoms with Crippen LogP contribution in [0, 0.1) is 24.0 Å². The SMILES string of the molecule is Cc1c(-c2ccc(C=C3SC(N)=NC3=O)o2)ccc([N+](=O)[O-])c1C. The van der Waals surface area contributed by atoms with E-state index >= 15 is 0 Å². The second-order valence-electron chi connectivity index (χ2n) is 5.21. The standard InChI is InChI=1S/C16H13N3O4S/c1-8-9(2)12(19(21)22)5-4-11(8)13-6-3-10(23-13)7-14-15(20)18-16(17)24-14/h3-7H,1-2H3,(H2,17,18,20). The van der Waals surface area contributed by atoms with Gasteiger partial charge in [0.05, 0.1) is 9.83 Å². The Kier molecular flexibility index (Phi) is 3.98. The second kappa shape index (κ2) is 5.97. The van der Waals surface area contributed by atoms with Gasteiger partial charge in [0, 0.05) is 23.3 Å². The van der Waals surface area contributed by atoms with E-state index in [1.165, 1.54) is 6.07 Å². The minimum absolute atomic E-state index is 0.0747. The molecule has 0 spiro atoms. The van der Waals surface area contributed by atoms with Gasteiger partial charge in [-0.1, -0.05) is 0 Å². The molecule has 2 heterocycles. The predicted molar refractivity (Wildman–Crippen MR) is 92.5 cm³/mol. The molecule has 0 bridgehead atoms. The molecule has 2 N–H and O–H groups in total. The zero-order valence-corrected chi connectivity index (χ0v) is 13.7. The smallest absolute Gasteiger partial charge is 0.286 e. The third kappa shape index (κ3) is 2.83. The Morgan fingerprint density at radius 3 is 2.62 bits per heavy atom. The molecule has 2 aromatic rings. The maximum atomic E-state index is 11.6. The molecule has 1 aliphatic rings. The summed E-state index contributed by atoms with van der Waals surface area (Å²) in [5.41, 5.74) is 7.72. The lowest BCUT2D eigenvalue weighted by Crippen LogP contribution is -2.01. The van der Waals surface area contributed by atoms with Gasteiger partial charge in [-0.3, -0.25) is 14.9 Å². The van der Waals surface area contributed by atoms with Gasteiger partial charge in [-0.25, -0.2) is 0 Å². The van der Waals surface area contributed by atoms with Crippen LogP contribution >= 0.6 is 11.8 Å². The summed E-state index contributed by atoms with van der Waals surface area (Å²) in [6, 6.07) is 6.60. The molecule has 7 nitrogen and oxygen atoms in total. The zero-order chi connectivity index (χ0) is 17.4. The lowest BCUT2D eigenvalue weighted by atomic mass is 10.00. The molecule has 122 valence electrons. The molecule has 0 fully saturated rings. The average molecular weight is 343 g/mol. The number of nitro groups is 1. The summed E-state index contributed by atoms with van der Waals surface area (Å²) >= 11 is 1.09. The molecule has 0 atom stereocenters. The highest BCUT2D eigenvalue weighted by Gasteiger charge is 2.21. The highest BCUT2D eigenvalue weighted by Crippen LogP contribution is 2.33. The van der Waals surface area contributed by atoms with Gasteiger partial charge in [0.1, 0.15) is 11.5 Å². The first-order valence-electron chi connectivity index (χ1n) is 6.99. The number of furan rings is 1. The topological polar surface area (TPSA) is 112 Å². The van der Waals surface area contributed by atoms with Crippen molar-refractivity contribution in [1.29, 1.82) is 0 Å². The normalized spacial score (nSPS) is 15.8. The first-order chi connectivity index (χ1) is 11.4. The van der Waals surface area contributed by atoms with Crippen molar-refractivity contribution >= 4 is 34.6 Å². The van der Waals surface area contributed by atoms with Crippen LogP contribution in [0.1, 0.15) is 16.9 Å². The summed E-state index contributed by atoms with van der Waals surface area (Å²) in [5, 5.41) is 11.2. The Balaban J connectivity index is 1.95. The Hall–Kier alpha value is -2.87. The molecule has 8 heteroatoms. The van der Waals surface area contributed by atoms with E-state index in [1.54, 1.807) is 31.2 Å². The van der Waals surface area contributed by atoms with Gasteiger partial charge >= 0.3 is 0 Å². The summed E-state index contributed by atoms with van der Waals surface area (Å²) in [6.45, 7) is 3.51. The molecule has 0 saturated heterocycles. The number of carbonyl (C=O) groups is 1. The third-order valence-corrected chi connectivity index (χ3v) is 4.57. The number of hydrogen-bond acceptors (Lipinski definition) is 6. The Bertz CT molecular complexity index is 927. The molecular formula is C16H13N3O4S. The molecule has 0 aliphatic carbocycles. The number of nitro benzene ring substituents is 1. The number of nitrogens with zero attached hydrogens (tertiary/aromatic N) is 2. The van der Waals surface area contributed by atoms with Crippen molar-refractivity contribution in [2.24, 2.45) is 10.7 Å². The second-order valence-corrected chi connectivity index (χ2v) is 6.27. The van der Waals surface area contributed by atoms with Gasteiger partial charge in [0.25, 0.3) is 11.6 Å². The van der Waals surface area contributed by atoms with E-state index in [-0.39, 0.29) is 10.9 Å². The van der Waals surface area contributed by atoms with Gasteiger partial charge in [0.2, 0.25) is 0 Å². The van der Waals surface area contributed by atoms with E-state index in [4.69, 9.17) is 10.2 Å². The van der Waals surface area contributed by atoms with Crippen LogP contribution in [-0.4, -0.2) is 16.0 Å². The minimum atomic E-state index is -0.405. The van der Waals surface area contributed by atoms with Gasteiger partial charge in [-0.05, 0) is 49.4 Å². The quantitative estimate of drug-likeness (QED) is 0.519. The molecule has 1 aromatic carbocycles. The van der Waals surface area contributed by atoms with Crippen LogP contribution in [0.2, 0.25) is 0 Å². The van der Waals surface area contributed by atoms with Gasteiger partial charge < -0.3 is 10.2 Å². The number of thioether (sulfide) groups is 1. The van der Waals surface area contributed by atoms with Gasteiger partial charge in [-0.2, -0.15) is 4.99 Å². The van der Waals surface area contributed by atoms with E-state index in [2.05, 4.69) is 4.99 Å². The van der Waals surface area contributed by atoms with Crippen LogP contribution in [-0.2, 0) is 4.79 Å². The molecule has 1 aromatic heterocycles. The first-order valence-corrected chi connectivity index (χ1v) is 7.81. The number of rotatable bonds is 3. The fourth-order valence-electron chi connectivity index (χ4n) is 2.40. The van der Waals surface area contributed by atoms with Crippen LogP contribution in [0.15, 0.2) is 38.6 Å². The summed E-state index contributed by atoms with van der Waals surface area (Å²) in [5.74, 6) is 0.667. The van der Waals surface area contributed by atoms with Crippen molar-refractivity contribution in [3.8, 4) is 11.3 Å². The summed E-state index contributed by atoms with van der Waals surface area (Å²) < 4.78 is 5.75. The van der Waals surface area contributed by atoms with Crippen molar-refractivity contribution in [2.75, 3.05) is 0 Å². The van der Waals surface area contributed by atoms with Crippen molar-refractivity contribution in [1.82, 2.24) is 0 Å². The number of hydrogen-bond donors (Lipinski definition) is 1. The highest BCUT2D eigenvalue weighted by atomic mass is 32.2. The molecule has 0 saturated carbocycles. The molecular weight excluding hydrogens is 330 g/mol. The molecule has 24 heavy (non-hydrogen) atoms. The molecule has 0 unspecified atom stereocenters. The molecule has 0 radical (unpaired) electrons. The number of amidine groups is 1. The van der Waals surface area contributed by atoms with E-state index in [0.717, 1.165) is 22.9 Å². The minimum Gasteiger partial charge on any atom is -0.457 e. The Morgan fingerprint density at radius 2 is 2.00 bits per heavy atom. The maximum absolute atomic E-state index is 11.6. The number of benzene rings is 1. The third-order valence-electron chi connectivity index (χ3n) is 3.76. The fourth-order valence-corrected chi connectivity index (χ4v) is 3.06. The van der Waals surface area contributed by atoms with E-state index < -0.39 is 10.8 Å². The zero-order valence-electron chi connectivity index (χ0n) is 12.9. The van der Waals surface area contributed by atoms with Crippen LogP contribution in [0.25, 0.3) is 17.4 Å². The molecule has 1 amide bonds. The van der Waals surface area contributed by atoms with Crippen LogP contribution in [0.5, 0.6) is 0 Å². The highest BCUT2D eigenvalue weighted by molar-refractivity contribution is 8.18. The van der Waals surface area contributed by atoms with Crippen molar-refractivity contribution in [3.05, 3.63) is 56.2 Å². The van der Waals surface area contributed by atoms with Gasteiger partial charge in [0.15, 0.2) is 5.17 Å². The summed E-state index contributed by atoms with van der Waals surface area (Å²) in [4.78, 5) is 26.2. The van der Waals surface area contributed by atoms with Crippen molar-refractivity contribution < 1.29 is 14.1 Å². The predicted octanol–water partition coefficient (Wildman–Crippen LogP) is 3.40. The maximum Gasteiger partial charge on any atom is 0.286 e. The molecule has 3 rings (SSSR count). The summed E-state index contributed by atoms with van der Waals surface area (Å²) in [6.07, 6.45) is 1.58. The van der Waals surface area contributed by atoms with Gasteiger partial charge in [-0.15, -0.1) is 0 Å². The summed E-state index contributed by atoms with van der Waals surface area (Å²) in [7, 11) is 0. The first kappa shape index (κ1) is 16.0. The van der Waals surface area contributed by atoms with Crippen LogP contribution in [0.3, 0.4) is 0 Å². The number of amides is 1. The number of nitrogens with two attached hydrogens (primary N) is 1. The Labute approximate surface area is 141 Å². The Morgan fingerprint density at radius 1 is 1.25 bits per heavy atom. The van der Waals surface area contributed by atoms with Crippen LogP contribution < -0.4 is 5.73 Å². The fraction of sp³-hybridized carbons (Fsp3) is 0.125. The van der Waals surface area contributed by atoms with Crippen molar-refractivity contribution in [3.63, 3.8) is 0 Å². The lowest BCUT2D eigenvalue weighted by Gasteiger charge is -2.06. The van der Waals surface area contributed by atoms with Crippen LogP contribution in [0.4, 0.5) is 5.69 Å². The molecule has 1 aliphatic heterocycles. The number of carbonyl (C=O) groups excluding carboxylic acids is 1. The lowest BCUT2D eigenvalue weighted by molar-refractivity contribution is -0.385. The van der Waals surface area contributed by atoms with E-state index in [1.807, 2.05) is 6.92 Å². The van der Waals surface area contributed by atoms with E-state index in [9.17, 15) is 14.9 Å². The van der Waals surface area contributed by atoms with E-state index in [0.29, 0.717) is 22.0 Å². The van der Waals surface area contributed by atoms with Crippen molar-refractivity contribution in [2.45, 2.75) is 13.8 Å². The average Bonchev–Trinajstić information content (AvgIpc) is 3.09. The monoisotopic (exact) mass is 343 g/mol.